The number of rotatable bonds is 8. The molecule has 0 radical (unpaired) electrons. The minimum Gasteiger partial charge on any atom is -0.452 e. The van der Waals surface area contributed by atoms with Crippen molar-refractivity contribution in [3.8, 4) is 22.9 Å². The summed E-state index contributed by atoms with van der Waals surface area (Å²) in [7, 11) is 0. The lowest BCUT2D eigenvalue weighted by Gasteiger charge is -2.04. The van der Waals surface area contributed by atoms with Crippen molar-refractivity contribution < 1.29 is 27.9 Å². The summed E-state index contributed by atoms with van der Waals surface area (Å²) in [6.45, 7) is -0.366. The summed E-state index contributed by atoms with van der Waals surface area (Å²) in [6, 6.07) is 24.3. The predicted octanol–water partition coefficient (Wildman–Crippen LogP) is 4.50. The lowest BCUT2D eigenvalue weighted by atomic mass is 10.1. The summed E-state index contributed by atoms with van der Waals surface area (Å²) >= 11 is 0. The maximum Gasteiger partial charge on any atom is 0.338 e. The van der Waals surface area contributed by atoms with Gasteiger partial charge in [0.25, 0.3) is 11.8 Å². The molecule has 0 atom stereocenters. The fourth-order valence-corrected chi connectivity index (χ4v) is 3.18. The average Bonchev–Trinajstić information content (AvgIpc) is 3.62. The largest absolute Gasteiger partial charge is 0.452 e. The zero-order valence-electron chi connectivity index (χ0n) is 18.7. The molecule has 0 saturated heterocycles. The highest BCUT2D eigenvalue weighted by molar-refractivity contribution is 5.93. The topological polar surface area (TPSA) is 130 Å². The van der Waals surface area contributed by atoms with Gasteiger partial charge >= 0.3 is 11.9 Å². The maximum atomic E-state index is 12.4. The van der Waals surface area contributed by atoms with E-state index in [0.29, 0.717) is 11.8 Å². The summed E-state index contributed by atoms with van der Waals surface area (Å²) in [5.41, 5.74) is 2.03. The van der Waals surface area contributed by atoms with Gasteiger partial charge in [-0.1, -0.05) is 36.4 Å². The van der Waals surface area contributed by atoms with Crippen LogP contribution in [-0.4, -0.2) is 32.3 Å². The summed E-state index contributed by atoms with van der Waals surface area (Å²) in [5.74, 6) is -0.206. The Bertz CT molecular complexity index is 1350. The molecule has 0 N–H and O–H groups in total. The van der Waals surface area contributed by atoms with Gasteiger partial charge in [0.2, 0.25) is 11.8 Å². The number of benzene rings is 3. The molecular formula is C26H18N4O6. The normalized spacial score (nSPS) is 10.7. The highest BCUT2D eigenvalue weighted by atomic mass is 16.5. The van der Waals surface area contributed by atoms with Gasteiger partial charge in [0.05, 0.1) is 11.1 Å². The van der Waals surface area contributed by atoms with Crippen LogP contribution in [0.3, 0.4) is 0 Å². The molecule has 36 heavy (non-hydrogen) atoms. The number of esters is 2. The van der Waals surface area contributed by atoms with Gasteiger partial charge < -0.3 is 18.3 Å². The molecule has 0 saturated carbocycles. The summed E-state index contributed by atoms with van der Waals surface area (Å²) in [6.07, 6.45) is 0. The second kappa shape index (κ2) is 10.4. The first kappa shape index (κ1) is 22.7. The number of ether oxygens (including phenoxy) is 2. The van der Waals surface area contributed by atoms with E-state index in [0.717, 1.165) is 11.1 Å². The first-order valence-corrected chi connectivity index (χ1v) is 10.9. The number of nitrogens with zero attached hydrogens (tertiary/aromatic N) is 4. The number of carbonyl (C=O) groups excluding carboxylic acids is 2. The molecule has 0 aliphatic heterocycles. The van der Waals surface area contributed by atoms with Crippen molar-refractivity contribution in [3.63, 3.8) is 0 Å². The monoisotopic (exact) mass is 482 g/mol. The molecule has 0 bridgehead atoms. The van der Waals surface area contributed by atoms with Gasteiger partial charge in [-0.2, -0.15) is 0 Å². The fourth-order valence-electron chi connectivity index (χ4n) is 3.18. The van der Waals surface area contributed by atoms with Crippen LogP contribution in [0.5, 0.6) is 0 Å². The van der Waals surface area contributed by atoms with E-state index < -0.39 is 11.9 Å². The van der Waals surface area contributed by atoms with E-state index in [1.165, 1.54) is 24.3 Å². The van der Waals surface area contributed by atoms with Crippen LogP contribution in [0.2, 0.25) is 0 Å². The smallest absolute Gasteiger partial charge is 0.338 e. The zero-order valence-corrected chi connectivity index (χ0v) is 18.7. The van der Waals surface area contributed by atoms with Gasteiger partial charge in [0, 0.05) is 11.1 Å². The molecular weight excluding hydrogens is 464 g/mol. The molecule has 10 nitrogen and oxygen atoms in total. The van der Waals surface area contributed by atoms with Crippen LogP contribution >= 0.6 is 0 Å². The summed E-state index contributed by atoms with van der Waals surface area (Å²) in [4.78, 5) is 24.7. The second-order valence-electron chi connectivity index (χ2n) is 7.46. The van der Waals surface area contributed by atoms with E-state index in [1.54, 1.807) is 0 Å². The number of aromatic nitrogens is 4. The van der Waals surface area contributed by atoms with Crippen molar-refractivity contribution in [1.29, 1.82) is 0 Å². The van der Waals surface area contributed by atoms with E-state index in [4.69, 9.17) is 18.3 Å². The van der Waals surface area contributed by atoms with E-state index in [2.05, 4.69) is 20.4 Å². The average molecular weight is 482 g/mol. The number of carbonyl (C=O) groups is 2. The van der Waals surface area contributed by atoms with Crippen LogP contribution in [0.1, 0.15) is 32.5 Å². The molecule has 2 aromatic heterocycles. The van der Waals surface area contributed by atoms with Crippen molar-refractivity contribution in [2.45, 2.75) is 13.2 Å². The van der Waals surface area contributed by atoms with Gasteiger partial charge in [-0.05, 0) is 48.5 Å². The minimum atomic E-state index is -0.603. The Morgan fingerprint density at radius 1 is 0.556 bits per heavy atom. The summed E-state index contributed by atoms with van der Waals surface area (Å²) < 4.78 is 21.5. The molecule has 2 heterocycles. The van der Waals surface area contributed by atoms with Crippen molar-refractivity contribution in [3.05, 3.63) is 108 Å². The minimum absolute atomic E-state index is 0.166. The Kier molecular flexibility index (Phi) is 6.57. The zero-order chi connectivity index (χ0) is 24.7. The van der Waals surface area contributed by atoms with Crippen LogP contribution in [0.4, 0.5) is 0 Å². The fraction of sp³-hybridized carbons (Fsp3) is 0.0769. The Balaban J connectivity index is 1.12. The first-order valence-electron chi connectivity index (χ1n) is 10.9. The quantitative estimate of drug-likeness (QED) is 0.291. The molecule has 0 spiro atoms. The van der Waals surface area contributed by atoms with Gasteiger partial charge in [-0.15, -0.1) is 20.4 Å². The van der Waals surface area contributed by atoms with Crippen molar-refractivity contribution >= 4 is 11.9 Å². The molecule has 3 aromatic carbocycles. The molecule has 5 aromatic rings. The number of hydrogen-bond acceptors (Lipinski definition) is 10. The third-order valence-corrected chi connectivity index (χ3v) is 4.98. The van der Waals surface area contributed by atoms with E-state index in [9.17, 15) is 9.59 Å². The van der Waals surface area contributed by atoms with Gasteiger partial charge in [-0.25, -0.2) is 9.59 Å². The molecule has 178 valence electrons. The molecule has 10 heteroatoms. The van der Waals surface area contributed by atoms with Crippen LogP contribution in [0, 0.1) is 0 Å². The number of hydrogen-bond donors (Lipinski definition) is 0. The highest BCUT2D eigenvalue weighted by Crippen LogP contribution is 2.19. The van der Waals surface area contributed by atoms with Crippen molar-refractivity contribution in [2.24, 2.45) is 0 Å². The lowest BCUT2D eigenvalue weighted by molar-refractivity contribution is 0.0425. The van der Waals surface area contributed by atoms with Crippen molar-refractivity contribution in [2.75, 3.05) is 0 Å². The van der Waals surface area contributed by atoms with Crippen LogP contribution in [-0.2, 0) is 22.7 Å². The van der Waals surface area contributed by atoms with Crippen molar-refractivity contribution in [1.82, 2.24) is 20.4 Å². The Morgan fingerprint density at radius 3 is 1.33 bits per heavy atom. The van der Waals surface area contributed by atoms with E-state index in [1.807, 2.05) is 60.7 Å². The third kappa shape index (κ3) is 5.33. The Hall–Kier alpha value is -5.12. The molecule has 0 fully saturated rings. The van der Waals surface area contributed by atoms with Gasteiger partial charge in [0.15, 0.2) is 13.2 Å². The molecule has 0 unspecified atom stereocenters. The molecule has 0 amide bonds. The SMILES string of the molecule is O=C(OCc1nnc(-c2ccccc2)o1)c1ccc(C(=O)OCc2nnc(-c3ccccc3)o2)cc1. The molecule has 5 rings (SSSR count). The maximum absolute atomic E-state index is 12.4. The van der Waals surface area contributed by atoms with Crippen LogP contribution in [0.25, 0.3) is 22.9 Å². The molecule has 0 aliphatic rings. The van der Waals surface area contributed by atoms with E-state index >= 15 is 0 Å². The third-order valence-electron chi connectivity index (χ3n) is 4.98. The van der Waals surface area contributed by atoms with Gasteiger partial charge in [-0.3, -0.25) is 0 Å². The van der Waals surface area contributed by atoms with Gasteiger partial charge in [0.1, 0.15) is 0 Å². The Labute approximate surface area is 204 Å². The highest BCUT2D eigenvalue weighted by Gasteiger charge is 2.15. The summed E-state index contributed by atoms with van der Waals surface area (Å²) in [5, 5.41) is 15.7. The first-order chi connectivity index (χ1) is 17.7. The van der Waals surface area contributed by atoms with Crippen LogP contribution in [0.15, 0.2) is 93.8 Å². The molecule has 0 aliphatic carbocycles. The lowest BCUT2D eigenvalue weighted by Crippen LogP contribution is -2.08. The Morgan fingerprint density at radius 2 is 0.944 bits per heavy atom. The second-order valence-corrected chi connectivity index (χ2v) is 7.46. The van der Waals surface area contributed by atoms with Crippen LogP contribution < -0.4 is 0 Å². The van der Waals surface area contributed by atoms with E-state index in [-0.39, 0.29) is 36.1 Å². The standard InChI is InChI=1S/C26H18N4O6/c31-25(33-15-21-27-29-23(35-21)17-7-3-1-4-8-17)19-11-13-20(14-12-19)26(32)34-16-22-28-30-24(36-22)18-9-5-2-6-10-18/h1-14H,15-16H2. The predicted molar refractivity (Wildman–Crippen MR) is 124 cm³/mol.